The summed E-state index contributed by atoms with van der Waals surface area (Å²) >= 11 is 5.14. The van der Waals surface area contributed by atoms with E-state index in [-0.39, 0.29) is 0 Å². The largest absolute Gasteiger partial charge is 0.460 e. The topological polar surface area (TPSA) is 26.3 Å². The van der Waals surface area contributed by atoms with E-state index in [1.54, 1.807) is 13.8 Å². The fourth-order valence-electron chi connectivity index (χ4n) is 2.51. The molecule has 1 saturated carbocycles. The van der Waals surface area contributed by atoms with Crippen LogP contribution >= 0.6 is 11.6 Å². The minimum Gasteiger partial charge on any atom is -0.460 e. The van der Waals surface area contributed by atoms with Crippen molar-refractivity contribution in [3.05, 3.63) is 46.5 Å². The molecule has 1 aliphatic carbocycles. The number of rotatable bonds is 4. The number of esters is 1. The van der Waals surface area contributed by atoms with Gasteiger partial charge in [-0.3, -0.25) is 4.79 Å². The number of hydrogen-bond donors (Lipinski definition) is 0. The van der Waals surface area contributed by atoms with Crippen molar-refractivity contribution in [1.82, 2.24) is 0 Å². The van der Waals surface area contributed by atoms with Gasteiger partial charge in [-0.1, -0.05) is 25.4 Å². The fraction of sp³-hybridized carbons (Fsp3) is 0.400. The van der Waals surface area contributed by atoms with Crippen molar-refractivity contribution < 1.29 is 27.1 Å². The molecule has 0 bridgehead atoms. The van der Waals surface area contributed by atoms with Gasteiger partial charge < -0.3 is 4.74 Å². The van der Waals surface area contributed by atoms with Crippen LogP contribution in [0.3, 0.4) is 0 Å². The second-order valence-electron chi connectivity index (χ2n) is 5.71. The van der Waals surface area contributed by atoms with E-state index in [0.29, 0.717) is 6.07 Å². The minimum atomic E-state index is -1.40. The first kappa shape index (κ1) is 16.8. The highest BCUT2D eigenvalue weighted by molar-refractivity contribution is 6.28. The Labute approximate surface area is 129 Å². The average molecular weight is 337 g/mol. The van der Waals surface area contributed by atoms with Crippen molar-refractivity contribution in [3.63, 3.8) is 0 Å². The molecule has 1 aromatic carbocycles. The van der Waals surface area contributed by atoms with Crippen LogP contribution in [0.25, 0.3) is 0 Å². The summed E-state index contributed by atoms with van der Waals surface area (Å²) in [7, 11) is 0. The molecule has 2 nitrogen and oxygen atoms in total. The van der Waals surface area contributed by atoms with Crippen LogP contribution in [0.15, 0.2) is 23.5 Å². The standard InChI is InChI=1S/C15H13ClF4O2/c1-15(2)8(5-11(16)19)12(15)14(21)22-6-7-9(17)3-4-10(18)13(7)20/h3-5,8,12H,6H2,1-2H3/t8-,12-/m0/s1. The van der Waals surface area contributed by atoms with Crippen molar-refractivity contribution in [2.24, 2.45) is 17.3 Å². The van der Waals surface area contributed by atoms with Gasteiger partial charge in [0.25, 0.3) is 0 Å². The number of benzene rings is 1. The molecule has 22 heavy (non-hydrogen) atoms. The van der Waals surface area contributed by atoms with Gasteiger partial charge >= 0.3 is 5.97 Å². The van der Waals surface area contributed by atoms with Crippen molar-refractivity contribution in [2.45, 2.75) is 20.5 Å². The van der Waals surface area contributed by atoms with Gasteiger partial charge in [0, 0.05) is 5.92 Å². The molecule has 2 atom stereocenters. The Balaban J connectivity index is 2.06. The second-order valence-corrected chi connectivity index (χ2v) is 6.07. The van der Waals surface area contributed by atoms with E-state index in [0.717, 1.165) is 12.1 Å². The molecule has 0 aromatic heterocycles. The van der Waals surface area contributed by atoms with Crippen LogP contribution in [0, 0.1) is 34.7 Å². The molecular formula is C15H13ClF4O2. The molecule has 0 radical (unpaired) electrons. The van der Waals surface area contributed by atoms with Crippen molar-refractivity contribution in [3.8, 4) is 0 Å². The van der Waals surface area contributed by atoms with Crippen LogP contribution in [-0.2, 0) is 16.1 Å². The Kier molecular flexibility index (Phi) is 4.52. The first-order valence-electron chi connectivity index (χ1n) is 6.48. The summed E-state index contributed by atoms with van der Waals surface area (Å²) in [5.74, 6) is -5.51. The Hall–Kier alpha value is -1.56. The molecule has 0 amide bonds. The molecule has 0 unspecified atom stereocenters. The third-order valence-corrected chi connectivity index (χ3v) is 4.09. The highest BCUT2D eigenvalue weighted by Crippen LogP contribution is 2.60. The smallest absolute Gasteiger partial charge is 0.310 e. The maximum absolute atomic E-state index is 13.4. The van der Waals surface area contributed by atoms with Crippen molar-refractivity contribution in [1.29, 1.82) is 0 Å². The summed E-state index contributed by atoms with van der Waals surface area (Å²) in [6.07, 6.45) is 1.09. The molecule has 1 aliphatic rings. The molecule has 0 spiro atoms. The minimum absolute atomic E-state index is 0.459. The van der Waals surface area contributed by atoms with Gasteiger partial charge in [-0.05, 0) is 23.6 Å². The Bertz CT molecular complexity index is 639. The molecule has 1 aromatic rings. The molecule has 0 saturated heterocycles. The van der Waals surface area contributed by atoms with Crippen LogP contribution in [0.1, 0.15) is 19.4 Å². The lowest BCUT2D eigenvalue weighted by Gasteiger charge is -2.08. The first-order valence-corrected chi connectivity index (χ1v) is 6.86. The molecule has 2 rings (SSSR count). The van der Waals surface area contributed by atoms with Gasteiger partial charge in [-0.2, -0.15) is 4.39 Å². The number of ether oxygens (including phenoxy) is 1. The fourth-order valence-corrected chi connectivity index (χ4v) is 2.64. The Morgan fingerprint density at radius 1 is 1.32 bits per heavy atom. The SMILES string of the molecule is CC1(C)[C@H](C(=O)OCc2c(F)ccc(F)c2F)[C@@H]1C=C(F)Cl. The van der Waals surface area contributed by atoms with Gasteiger partial charge in [0.2, 0.25) is 0 Å². The van der Waals surface area contributed by atoms with E-state index in [1.165, 1.54) is 0 Å². The molecule has 0 heterocycles. The highest BCUT2D eigenvalue weighted by atomic mass is 35.5. The molecular weight excluding hydrogens is 324 g/mol. The van der Waals surface area contributed by atoms with Crippen molar-refractivity contribution in [2.75, 3.05) is 0 Å². The number of allylic oxidation sites excluding steroid dienone is 1. The van der Waals surface area contributed by atoms with Crippen LogP contribution in [0.2, 0.25) is 0 Å². The van der Waals surface area contributed by atoms with Crippen LogP contribution in [0.5, 0.6) is 0 Å². The molecule has 0 aliphatic heterocycles. The van der Waals surface area contributed by atoms with E-state index in [1.807, 2.05) is 0 Å². The molecule has 120 valence electrons. The maximum atomic E-state index is 13.4. The number of hydrogen-bond acceptors (Lipinski definition) is 2. The summed E-state index contributed by atoms with van der Waals surface area (Å²) in [6, 6.07) is 1.39. The van der Waals surface area contributed by atoms with Gasteiger partial charge in [-0.15, -0.1) is 0 Å². The predicted octanol–water partition coefficient (Wildman–Crippen LogP) is 4.47. The lowest BCUT2D eigenvalue weighted by atomic mass is 10.1. The molecule has 0 N–H and O–H groups in total. The summed E-state index contributed by atoms with van der Waals surface area (Å²) < 4.78 is 57.5. The molecule has 7 heteroatoms. The normalized spacial score (nSPS) is 23.3. The van der Waals surface area contributed by atoms with Crippen LogP contribution in [-0.4, -0.2) is 5.97 Å². The van der Waals surface area contributed by atoms with Gasteiger partial charge in [0.05, 0.1) is 11.5 Å². The van der Waals surface area contributed by atoms with E-state index in [4.69, 9.17) is 16.3 Å². The van der Waals surface area contributed by atoms with Crippen LogP contribution in [0.4, 0.5) is 17.6 Å². The number of carbonyl (C=O) groups is 1. The first-order chi connectivity index (χ1) is 10.2. The van der Waals surface area contributed by atoms with Gasteiger partial charge in [-0.25, -0.2) is 13.2 Å². The number of carbonyl (C=O) groups excluding carboxylic acids is 1. The number of halogens is 5. The average Bonchev–Trinajstić information content (AvgIpc) is 2.94. The zero-order valence-electron chi connectivity index (χ0n) is 11.8. The Morgan fingerprint density at radius 2 is 1.91 bits per heavy atom. The Morgan fingerprint density at radius 3 is 2.50 bits per heavy atom. The summed E-state index contributed by atoms with van der Waals surface area (Å²) in [6.45, 7) is 2.69. The third kappa shape index (κ3) is 3.11. The van der Waals surface area contributed by atoms with E-state index in [9.17, 15) is 22.4 Å². The van der Waals surface area contributed by atoms with Gasteiger partial charge in [0.15, 0.2) is 16.9 Å². The summed E-state index contributed by atoms with van der Waals surface area (Å²) in [4.78, 5) is 11.9. The lowest BCUT2D eigenvalue weighted by Crippen LogP contribution is -2.12. The lowest BCUT2D eigenvalue weighted by molar-refractivity contribution is -0.147. The zero-order chi connectivity index (χ0) is 16.7. The van der Waals surface area contributed by atoms with Crippen molar-refractivity contribution >= 4 is 17.6 Å². The summed E-state index contributed by atoms with van der Waals surface area (Å²) in [5.41, 5.74) is -1.23. The van der Waals surface area contributed by atoms with Gasteiger partial charge in [0.1, 0.15) is 12.4 Å². The van der Waals surface area contributed by atoms with E-state index >= 15 is 0 Å². The van der Waals surface area contributed by atoms with E-state index in [2.05, 4.69) is 0 Å². The van der Waals surface area contributed by atoms with Crippen LogP contribution < -0.4 is 0 Å². The predicted molar refractivity (Wildman–Crippen MR) is 71.9 cm³/mol. The maximum Gasteiger partial charge on any atom is 0.310 e. The third-order valence-electron chi connectivity index (χ3n) is 3.97. The van der Waals surface area contributed by atoms with E-state index < -0.39 is 58.1 Å². The second kappa shape index (κ2) is 5.91. The highest BCUT2D eigenvalue weighted by Gasteiger charge is 2.61. The molecule has 1 fully saturated rings. The quantitative estimate of drug-likeness (QED) is 0.461. The summed E-state index contributed by atoms with van der Waals surface area (Å²) in [5, 5.41) is -0.935. The zero-order valence-corrected chi connectivity index (χ0v) is 12.6. The monoisotopic (exact) mass is 336 g/mol.